The third-order valence-electron chi connectivity index (χ3n) is 2.20. The van der Waals surface area contributed by atoms with Gasteiger partial charge in [0.15, 0.2) is 11.0 Å². The van der Waals surface area contributed by atoms with Gasteiger partial charge in [0.05, 0.1) is 25.3 Å². The fraction of sp³-hybridized carbons (Fsp3) is 0.455. The summed E-state index contributed by atoms with van der Waals surface area (Å²) in [5.41, 5.74) is 4.08. The number of carbonyl (C=O) groups excluding carboxylic acids is 1. The number of anilines is 1. The molecule has 0 fully saturated rings. The molecule has 0 saturated carbocycles. The van der Waals surface area contributed by atoms with Crippen molar-refractivity contribution in [3.8, 4) is 5.88 Å². The molecule has 0 spiro atoms. The van der Waals surface area contributed by atoms with Crippen LogP contribution in [0.3, 0.4) is 0 Å². The Hall–Kier alpha value is -1.77. The molecule has 0 bridgehead atoms. The van der Waals surface area contributed by atoms with Gasteiger partial charge in [0.2, 0.25) is 5.88 Å². The van der Waals surface area contributed by atoms with Crippen LogP contribution >= 0.6 is 11.6 Å². The van der Waals surface area contributed by atoms with Gasteiger partial charge in [0.25, 0.3) is 0 Å². The molecule has 1 heterocycles. The number of nitrogens with two attached hydrogens (primary N) is 1. The number of alkyl halides is 3. The smallest absolute Gasteiger partial charge is 0.392 e. The number of nitrogens with zero attached hydrogens (tertiary/aromatic N) is 1. The molecule has 5 nitrogen and oxygen atoms in total. The summed E-state index contributed by atoms with van der Waals surface area (Å²) in [7, 11) is 0. The summed E-state index contributed by atoms with van der Waals surface area (Å²) in [4.78, 5) is 15.0. The van der Waals surface area contributed by atoms with Crippen LogP contribution in [0.2, 0.25) is 5.15 Å². The van der Waals surface area contributed by atoms with E-state index in [9.17, 15) is 22.4 Å². The molecule has 0 aromatic carbocycles. The van der Waals surface area contributed by atoms with Gasteiger partial charge in [-0.3, -0.25) is 0 Å². The zero-order chi connectivity index (χ0) is 16.2. The fourth-order valence-electron chi connectivity index (χ4n) is 1.30. The average molecular weight is 331 g/mol. The van der Waals surface area contributed by atoms with Crippen LogP contribution in [0, 0.1) is 5.82 Å². The Kier molecular flexibility index (Phi) is 5.59. The summed E-state index contributed by atoms with van der Waals surface area (Å²) in [5, 5.41) is -0.720. The van der Waals surface area contributed by atoms with E-state index in [2.05, 4.69) is 9.72 Å². The summed E-state index contributed by atoms with van der Waals surface area (Å²) in [6.07, 6.45) is -5.74. The van der Waals surface area contributed by atoms with Crippen molar-refractivity contribution in [2.75, 3.05) is 18.9 Å². The van der Waals surface area contributed by atoms with E-state index in [1.54, 1.807) is 0 Å². The first-order valence-electron chi connectivity index (χ1n) is 5.68. The quantitative estimate of drug-likeness (QED) is 0.510. The Morgan fingerprint density at radius 2 is 2.05 bits per heavy atom. The van der Waals surface area contributed by atoms with Crippen molar-refractivity contribution < 1.29 is 31.8 Å². The van der Waals surface area contributed by atoms with Crippen LogP contribution in [0.15, 0.2) is 0 Å². The van der Waals surface area contributed by atoms with Gasteiger partial charge in [0, 0.05) is 0 Å². The Bertz CT molecular complexity index is 537. The van der Waals surface area contributed by atoms with Gasteiger partial charge in [-0.15, -0.1) is 0 Å². The number of ether oxygens (including phenoxy) is 2. The number of esters is 1. The molecule has 118 valence electrons. The molecule has 0 aliphatic carbocycles. The molecule has 10 heteroatoms. The molecule has 21 heavy (non-hydrogen) atoms. The molecule has 1 aromatic rings. The molecule has 2 N–H and O–H groups in total. The standard InChI is InChI=1S/C11H11ClF4N2O3/c1-2-20-10(19)5-7(17)6(13)8(12)18-9(5)21-4-3-11(14,15)16/h2-4H2,1H3,(H2,17,18). The number of nitrogen functional groups attached to an aromatic ring is 1. The predicted molar refractivity (Wildman–Crippen MR) is 65.7 cm³/mol. The van der Waals surface area contributed by atoms with E-state index in [-0.39, 0.29) is 6.61 Å². The maximum Gasteiger partial charge on any atom is 0.392 e. The van der Waals surface area contributed by atoms with E-state index in [0.29, 0.717) is 0 Å². The number of aromatic nitrogens is 1. The highest BCUT2D eigenvalue weighted by atomic mass is 35.5. The molecule has 0 amide bonds. The molecule has 1 aromatic heterocycles. The Morgan fingerprint density at radius 1 is 1.43 bits per heavy atom. The zero-order valence-electron chi connectivity index (χ0n) is 10.8. The van der Waals surface area contributed by atoms with Gasteiger partial charge in [-0.05, 0) is 6.92 Å². The molecule has 0 radical (unpaired) electrons. The van der Waals surface area contributed by atoms with Gasteiger partial charge in [-0.2, -0.15) is 18.2 Å². The summed E-state index contributed by atoms with van der Waals surface area (Å²) in [5.74, 6) is -2.86. The monoisotopic (exact) mass is 330 g/mol. The van der Waals surface area contributed by atoms with Crippen LogP contribution in [0.4, 0.5) is 23.2 Å². The van der Waals surface area contributed by atoms with Gasteiger partial charge in [-0.25, -0.2) is 9.18 Å². The summed E-state index contributed by atoms with van der Waals surface area (Å²) >= 11 is 5.42. The Labute approximate surface area is 122 Å². The van der Waals surface area contributed by atoms with E-state index in [4.69, 9.17) is 22.1 Å². The minimum absolute atomic E-state index is 0.0511. The van der Waals surface area contributed by atoms with Crippen LogP contribution in [0.25, 0.3) is 0 Å². The molecular formula is C11H11ClF4N2O3. The van der Waals surface area contributed by atoms with E-state index >= 15 is 0 Å². The van der Waals surface area contributed by atoms with Gasteiger partial charge >= 0.3 is 12.1 Å². The molecule has 0 unspecified atom stereocenters. The second kappa shape index (κ2) is 6.79. The molecule has 0 aliphatic heterocycles. The van der Waals surface area contributed by atoms with E-state index < -0.39 is 53.3 Å². The number of carbonyl (C=O) groups is 1. The van der Waals surface area contributed by atoms with E-state index in [1.165, 1.54) is 6.92 Å². The van der Waals surface area contributed by atoms with Crippen molar-refractivity contribution in [3.63, 3.8) is 0 Å². The molecule has 0 aliphatic rings. The highest BCUT2D eigenvalue weighted by molar-refractivity contribution is 6.30. The van der Waals surface area contributed by atoms with Crippen molar-refractivity contribution in [3.05, 3.63) is 16.5 Å². The second-order valence-corrected chi connectivity index (χ2v) is 4.10. The third kappa shape index (κ3) is 4.62. The minimum atomic E-state index is -4.46. The lowest BCUT2D eigenvalue weighted by atomic mass is 10.2. The van der Waals surface area contributed by atoms with E-state index in [0.717, 1.165) is 0 Å². The summed E-state index contributed by atoms with van der Waals surface area (Å²) < 4.78 is 59.0. The minimum Gasteiger partial charge on any atom is -0.477 e. The Balaban J connectivity index is 3.08. The number of hydrogen-bond acceptors (Lipinski definition) is 5. The van der Waals surface area contributed by atoms with Crippen LogP contribution in [-0.2, 0) is 4.74 Å². The van der Waals surface area contributed by atoms with Gasteiger partial charge < -0.3 is 15.2 Å². The number of hydrogen-bond donors (Lipinski definition) is 1. The van der Waals surface area contributed by atoms with Crippen LogP contribution in [0.1, 0.15) is 23.7 Å². The van der Waals surface area contributed by atoms with Crippen molar-refractivity contribution in [1.82, 2.24) is 4.98 Å². The van der Waals surface area contributed by atoms with Crippen LogP contribution < -0.4 is 10.5 Å². The molecule has 0 saturated heterocycles. The first kappa shape index (κ1) is 17.3. The van der Waals surface area contributed by atoms with Gasteiger partial charge in [-0.1, -0.05) is 11.6 Å². The third-order valence-corrected chi connectivity index (χ3v) is 2.45. The lowest BCUT2D eigenvalue weighted by Crippen LogP contribution is -2.17. The van der Waals surface area contributed by atoms with Crippen molar-refractivity contribution >= 4 is 23.3 Å². The second-order valence-electron chi connectivity index (χ2n) is 3.74. The maximum absolute atomic E-state index is 13.5. The first-order chi connectivity index (χ1) is 9.67. The largest absolute Gasteiger partial charge is 0.477 e. The van der Waals surface area contributed by atoms with Crippen molar-refractivity contribution in [2.24, 2.45) is 0 Å². The van der Waals surface area contributed by atoms with Crippen LogP contribution in [-0.4, -0.2) is 30.3 Å². The number of halogens is 5. The molecule has 1 rings (SSSR count). The normalized spacial score (nSPS) is 11.3. The van der Waals surface area contributed by atoms with E-state index in [1.807, 2.05) is 0 Å². The number of pyridine rings is 1. The summed E-state index contributed by atoms with van der Waals surface area (Å²) in [6, 6.07) is 0. The SMILES string of the molecule is CCOC(=O)c1c(OCCC(F)(F)F)nc(Cl)c(F)c1N. The Morgan fingerprint density at radius 3 is 2.57 bits per heavy atom. The lowest BCUT2D eigenvalue weighted by molar-refractivity contribution is -0.139. The predicted octanol–water partition coefficient (Wildman–Crippen LogP) is 2.96. The average Bonchev–Trinajstić information content (AvgIpc) is 2.35. The van der Waals surface area contributed by atoms with Crippen molar-refractivity contribution in [1.29, 1.82) is 0 Å². The van der Waals surface area contributed by atoms with Gasteiger partial charge in [0.1, 0.15) is 5.56 Å². The molecular weight excluding hydrogens is 320 g/mol. The number of rotatable bonds is 5. The highest BCUT2D eigenvalue weighted by Crippen LogP contribution is 2.31. The van der Waals surface area contributed by atoms with Crippen LogP contribution in [0.5, 0.6) is 5.88 Å². The fourth-order valence-corrected chi connectivity index (χ4v) is 1.48. The lowest BCUT2D eigenvalue weighted by Gasteiger charge is -2.13. The zero-order valence-corrected chi connectivity index (χ0v) is 11.5. The first-order valence-corrected chi connectivity index (χ1v) is 6.06. The highest BCUT2D eigenvalue weighted by Gasteiger charge is 2.29. The topological polar surface area (TPSA) is 74.4 Å². The molecule has 0 atom stereocenters. The summed E-state index contributed by atoms with van der Waals surface area (Å²) in [6.45, 7) is 0.604. The van der Waals surface area contributed by atoms with Crippen molar-refractivity contribution in [2.45, 2.75) is 19.5 Å². The maximum atomic E-state index is 13.5.